The zero-order valence-electron chi connectivity index (χ0n) is 7.13. The summed E-state index contributed by atoms with van der Waals surface area (Å²) in [5.74, 6) is 1.17. The van der Waals surface area contributed by atoms with Crippen LogP contribution in [-0.2, 0) is 0 Å². The van der Waals surface area contributed by atoms with E-state index in [2.05, 4.69) is 4.74 Å². The molecule has 3 heteroatoms. The zero-order valence-corrected chi connectivity index (χ0v) is 7.13. The summed E-state index contributed by atoms with van der Waals surface area (Å²) in [5.41, 5.74) is 0.984. The number of hydrogen-bond acceptors (Lipinski definition) is 2. The van der Waals surface area contributed by atoms with Gasteiger partial charge in [-0.1, -0.05) is 0 Å². The van der Waals surface area contributed by atoms with Crippen LogP contribution in [-0.4, -0.2) is 14.0 Å². The molecule has 0 N–H and O–H groups in total. The van der Waals surface area contributed by atoms with Gasteiger partial charge in [0.15, 0.2) is 0 Å². The Hall–Kier alpha value is -1.25. The number of benzene rings is 1. The Morgan fingerprint density at radius 2 is 1.92 bits per heavy atom. The summed E-state index contributed by atoms with van der Waals surface area (Å²) >= 11 is 0. The van der Waals surface area contributed by atoms with Crippen LogP contribution in [0.25, 0.3) is 0 Å². The molecule has 0 aliphatic rings. The number of rotatable bonds is 3. The van der Waals surface area contributed by atoms with E-state index in [1.165, 1.54) is 0 Å². The van der Waals surface area contributed by atoms with Crippen molar-refractivity contribution in [2.75, 3.05) is 14.0 Å². The van der Waals surface area contributed by atoms with Gasteiger partial charge in [0.05, 0.1) is 7.11 Å². The van der Waals surface area contributed by atoms with Gasteiger partial charge in [-0.3, -0.25) is 0 Å². The van der Waals surface area contributed by atoms with Crippen molar-refractivity contribution in [1.82, 2.24) is 0 Å². The quantitative estimate of drug-likeness (QED) is 0.693. The SMILES string of the molecule is COc1cc(C)cc(OCF)c1. The lowest BCUT2D eigenvalue weighted by Crippen LogP contribution is -1.92. The predicted octanol–water partition coefficient (Wildman–Crippen LogP) is 2.31. The van der Waals surface area contributed by atoms with Gasteiger partial charge in [-0.05, 0) is 24.6 Å². The molecule has 0 spiro atoms. The lowest BCUT2D eigenvalue weighted by atomic mass is 10.2. The molecule has 2 nitrogen and oxygen atoms in total. The van der Waals surface area contributed by atoms with Crippen molar-refractivity contribution in [3.63, 3.8) is 0 Å². The minimum atomic E-state index is -0.813. The minimum absolute atomic E-state index is 0.495. The minimum Gasteiger partial charge on any atom is -0.497 e. The lowest BCUT2D eigenvalue weighted by Gasteiger charge is -2.05. The first-order valence-corrected chi connectivity index (χ1v) is 3.60. The Bertz CT molecular complexity index is 261. The van der Waals surface area contributed by atoms with Gasteiger partial charge in [0.2, 0.25) is 6.86 Å². The first kappa shape index (κ1) is 8.84. The highest BCUT2D eigenvalue weighted by atomic mass is 19.1. The Morgan fingerprint density at radius 3 is 2.50 bits per heavy atom. The number of ether oxygens (including phenoxy) is 2. The average Bonchev–Trinajstić information content (AvgIpc) is 2.04. The van der Waals surface area contributed by atoms with Crippen LogP contribution in [0.5, 0.6) is 11.5 Å². The molecule has 0 saturated carbocycles. The maximum Gasteiger partial charge on any atom is 0.228 e. The Balaban J connectivity index is 2.90. The predicted molar refractivity (Wildman–Crippen MR) is 44.3 cm³/mol. The molecule has 66 valence electrons. The fourth-order valence-electron chi connectivity index (χ4n) is 0.978. The summed E-state index contributed by atoms with van der Waals surface area (Å²) in [6, 6.07) is 5.25. The fourth-order valence-corrected chi connectivity index (χ4v) is 0.978. The first-order chi connectivity index (χ1) is 5.76. The van der Waals surface area contributed by atoms with Crippen LogP contribution in [0.1, 0.15) is 5.56 Å². The third-order valence-corrected chi connectivity index (χ3v) is 1.48. The van der Waals surface area contributed by atoms with Gasteiger partial charge in [-0.15, -0.1) is 0 Å². The summed E-state index contributed by atoms with van der Waals surface area (Å²) in [6.45, 7) is 1.08. The first-order valence-electron chi connectivity index (χ1n) is 3.60. The van der Waals surface area contributed by atoms with E-state index in [0.29, 0.717) is 11.5 Å². The molecule has 0 amide bonds. The third-order valence-electron chi connectivity index (χ3n) is 1.48. The third kappa shape index (κ3) is 2.12. The smallest absolute Gasteiger partial charge is 0.228 e. The number of hydrogen-bond donors (Lipinski definition) is 0. The van der Waals surface area contributed by atoms with E-state index in [1.54, 1.807) is 19.2 Å². The number of alkyl halides is 1. The van der Waals surface area contributed by atoms with E-state index in [1.807, 2.05) is 13.0 Å². The molecule has 0 atom stereocenters. The van der Waals surface area contributed by atoms with Crippen molar-refractivity contribution in [3.8, 4) is 11.5 Å². The van der Waals surface area contributed by atoms with E-state index in [0.717, 1.165) is 5.56 Å². The van der Waals surface area contributed by atoms with Crippen LogP contribution in [0.15, 0.2) is 18.2 Å². The van der Waals surface area contributed by atoms with E-state index in [4.69, 9.17) is 4.74 Å². The van der Waals surface area contributed by atoms with Gasteiger partial charge in [0, 0.05) is 6.07 Å². The van der Waals surface area contributed by atoms with Crippen LogP contribution in [0.3, 0.4) is 0 Å². The largest absolute Gasteiger partial charge is 0.497 e. The van der Waals surface area contributed by atoms with Crippen molar-refractivity contribution >= 4 is 0 Å². The van der Waals surface area contributed by atoms with Crippen molar-refractivity contribution in [1.29, 1.82) is 0 Å². The monoisotopic (exact) mass is 170 g/mol. The standard InChI is InChI=1S/C9H11FO2/c1-7-3-8(11-2)5-9(4-7)12-6-10/h3-5H,6H2,1-2H3. The molecule has 1 rings (SSSR count). The molecule has 0 unspecified atom stereocenters. The maximum absolute atomic E-state index is 11.8. The molecule has 0 aliphatic heterocycles. The van der Waals surface area contributed by atoms with E-state index >= 15 is 0 Å². The number of methoxy groups -OCH3 is 1. The Morgan fingerprint density at radius 1 is 1.25 bits per heavy atom. The van der Waals surface area contributed by atoms with Gasteiger partial charge in [-0.25, -0.2) is 4.39 Å². The second-order valence-corrected chi connectivity index (χ2v) is 2.44. The Labute approximate surface area is 70.9 Å². The molecule has 0 bridgehead atoms. The summed E-state index contributed by atoms with van der Waals surface area (Å²) in [4.78, 5) is 0. The highest BCUT2D eigenvalue weighted by Crippen LogP contribution is 2.21. The molecule has 0 aromatic heterocycles. The highest BCUT2D eigenvalue weighted by molar-refractivity contribution is 5.37. The van der Waals surface area contributed by atoms with Gasteiger partial charge in [-0.2, -0.15) is 0 Å². The molecule has 0 fully saturated rings. The molecule has 0 radical (unpaired) electrons. The number of aryl methyl sites for hydroxylation is 1. The van der Waals surface area contributed by atoms with Crippen molar-refractivity contribution in [2.45, 2.75) is 6.92 Å². The van der Waals surface area contributed by atoms with Crippen molar-refractivity contribution in [3.05, 3.63) is 23.8 Å². The van der Waals surface area contributed by atoms with Gasteiger partial charge in [0.1, 0.15) is 11.5 Å². The van der Waals surface area contributed by atoms with Crippen molar-refractivity contribution in [2.24, 2.45) is 0 Å². The molecule has 1 aromatic rings. The molecule has 1 aromatic carbocycles. The summed E-state index contributed by atoms with van der Waals surface area (Å²) in [7, 11) is 1.56. The van der Waals surface area contributed by atoms with Gasteiger partial charge in [0.25, 0.3) is 0 Å². The molecular weight excluding hydrogens is 159 g/mol. The van der Waals surface area contributed by atoms with E-state index in [-0.39, 0.29) is 0 Å². The van der Waals surface area contributed by atoms with Crippen molar-refractivity contribution < 1.29 is 13.9 Å². The molecular formula is C9H11FO2. The number of halogens is 1. The van der Waals surface area contributed by atoms with Crippen LogP contribution in [0, 0.1) is 6.92 Å². The normalized spacial score (nSPS) is 9.58. The van der Waals surface area contributed by atoms with E-state index in [9.17, 15) is 4.39 Å². The summed E-state index contributed by atoms with van der Waals surface area (Å²) in [6.07, 6.45) is 0. The maximum atomic E-state index is 11.8. The van der Waals surface area contributed by atoms with Crippen LogP contribution in [0.2, 0.25) is 0 Å². The Kier molecular flexibility index (Phi) is 2.91. The van der Waals surface area contributed by atoms with Crippen LogP contribution in [0.4, 0.5) is 4.39 Å². The lowest BCUT2D eigenvalue weighted by molar-refractivity contribution is 0.191. The fraction of sp³-hybridized carbons (Fsp3) is 0.333. The van der Waals surface area contributed by atoms with Gasteiger partial charge >= 0.3 is 0 Å². The van der Waals surface area contributed by atoms with Crippen LogP contribution < -0.4 is 9.47 Å². The average molecular weight is 170 g/mol. The molecule has 0 heterocycles. The topological polar surface area (TPSA) is 18.5 Å². The summed E-state index contributed by atoms with van der Waals surface area (Å²) in [5, 5.41) is 0. The van der Waals surface area contributed by atoms with Crippen LogP contribution >= 0.6 is 0 Å². The molecule has 0 saturated heterocycles. The second-order valence-electron chi connectivity index (χ2n) is 2.44. The highest BCUT2D eigenvalue weighted by Gasteiger charge is 1.98. The summed E-state index contributed by atoms with van der Waals surface area (Å²) < 4.78 is 21.4. The van der Waals surface area contributed by atoms with Gasteiger partial charge < -0.3 is 9.47 Å². The van der Waals surface area contributed by atoms with E-state index < -0.39 is 6.86 Å². The zero-order chi connectivity index (χ0) is 8.97. The molecule has 0 aliphatic carbocycles. The second kappa shape index (κ2) is 3.95. The molecule has 12 heavy (non-hydrogen) atoms.